The molecular formula is C27H39BN4O5. The Bertz CT molecular complexity index is 1070. The fourth-order valence-electron chi connectivity index (χ4n) is 4.39. The molecule has 2 aromatic rings. The van der Waals surface area contributed by atoms with Gasteiger partial charge in [-0.1, -0.05) is 24.3 Å². The van der Waals surface area contributed by atoms with Crippen molar-refractivity contribution in [2.75, 3.05) is 18.0 Å². The highest BCUT2D eigenvalue weighted by Crippen LogP contribution is 2.36. The Morgan fingerprint density at radius 3 is 2.27 bits per heavy atom. The second-order valence-corrected chi connectivity index (χ2v) is 11.9. The smallest absolute Gasteiger partial charge is 0.444 e. The van der Waals surface area contributed by atoms with E-state index in [9.17, 15) is 9.90 Å². The van der Waals surface area contributed by atoms with Crippen LogP contribution in [0.1, 0.15) is 78.5 Å². The van der Waals surface area contributed by atoms with Gasteiger partial charge in [-0.25, -0.2) is 14.8 Å². The van der Waals surface area contributed by atoms with Gasteiger partial charge in [-0.05, 0) is 72.3 Å². The molecule has 1 aromatic heterocycles. The van der Waals surface area contributed by atoms with Gasteiger partial charge in [-0.3, -0.25) is 0 Å². The number of carbonyl (C=O) groups is 1. The first-order valence-corrected chi connectivity index (χ1v) is 12.9. The standard InChI is InChI=1S/C27H39BN4O5/c1-25(2,3)35-24(34)31-21-9-8-14-32(17-21)23-29-15-19(16-30-23)22(33)18-10-12-20(13-11-18)28-36-26(4,5)27(6,7)37-28/h10-13,15-16,21-22,33H,8-9,14,17H2,1-7H3,(H,31,34)/t21-,22?/m1/s1. The van der Waals surface area contributed by atoms with Crippen LogP contribution in [0.5, 0.6) is 0 Å². The highest BCUT2D eigenvalue weighted by Gasteiger charge is 2.51. The summed E-state index contributed by atoms with van der Waals surface area (Å²) in [5.74, 6) is 0.572. The lowest BCUT2D eigenvalue weighted by Gasteiger charge is -2.33. The third kappa shape index (κ3) is 6.42. The summed E-state index contributed by atoms with van der Waals surface area (Å²) in [6, 6.07) is 7.54. The Labute approximate surface area is 220 Å². The van der Waals surface area contributed by atoms with Crippen LogP contribution in [-0.4, -0.2) is 64.2 Å². The molecule has 2 N–H and O–H groups in total. The van der Waals surface area contributed by atoms with E-state index in [1.807, 2.05) is 77.6 Å². The molecule has 2 fully saturated rings. The molecule has 2 aliphatic rings. The van der Waals surface area contributed by atoms with E-state index in [0.717, 1.165) is 30.4 Å². The quantitative estimate of drug-likeness (QED) is 0.590. The highest BCUT2D eigenvalue weighted by atomic mass is 16.7. The first-order chi connectivity index (χ1) is 17.2. The number of alkyl carbamates (subject to hydrolysis) is 1. The number of hydrogen-bond acceptors (Lipinski definition) is 8. The highest BCUT2D eigenvalue weighted by molar-refractivity contribution is 6.62. The molecule has 1 amide bonds. The van der Waals surface area contributed by atoms with E-state index < -0.39 is 36.1 Å². The number of carbonyl (C=O) groups excluding carboxylic acids is 1. The molecular weight excluding hydrogens is 471 g/mol. The second kappa shape index (κ2) is 10.2. The van der Waals surface area contributed by atoms with Crippen molar-refractivity contribution >= 4 is 24.6 Å². The number of ether oxygens (including phenoxy) is 1. The van der Waals surface area contributed by atoms with Crippen LogP contribution in [0.15, 0.2) is 36.7 Å². The molecule has 37 heavy (non-hydrogen) atoms. The van der Waals surface area contributed by atoms with Crippen molar-refractivity contribution in [2.45, 2.75) is 90.3 Å². The molecule has 200 valence electrons. The topological polar surface area (TPSA) is 106 Å². The molecule has 2 saturated heterocycles. The van der Waals surface area contributed by atoms with Gasteiger partial charge in [0, 0.05) is 37.1 Å². The van der Waals surface area contributed by atoms with Gasteiger partial charge in [-0.15, -0.1) is 0 Å². The van der Waals surface area contributed by atoms with Crippen molar-refractivity contribution in [1.29, 1.82) is 0 Å². The van der Waals surface area contributed by atoms with E-state index in [0.29, 0.717) is 18.1 Å². The van der Waals surface area contributed by atoms with Crippen LogP contribution in [0.2, 0.25) is 0 Å². The van der Waals surface area contributed by atoms with Crippen molar-refractivity contribution < 1.29 is 23.9 Å². The maximum Gasteiger partial charge on any atom is 0.494 e. The summed E-state index contributed by atoms with van der Waals surface area (Å²) in [7, 11) is -0.447. The molecule has 3 heterocycles. The summed E-state index contributed by atoms with van der Waals surface area (Å²) >= 11 is 0. The fourth-order valence-corrected chi connectivity index (χ4v) is 4.39. The van der Waals surface area contributed by atoms with Crippen molar-refractivity contribution in [2.24, 2.45) is 0 Å². The van der Waals surface area contributed by atoms with Crippen LogP contribution in [0.3, 0.4) is 0 Å². The summed E-state index contributed by atoms with van der Waals surface area (Å²) < 4.78 is 17.6. The molecule has 0 saturated carbocycles. The maximum atomic E-state index is 12.2. The number of hydrogen-bond donors (Lipinski definition) is 2. The first kappa shape index (κ1) is 27.4. The van der Waals surface area contributed by atoms with Gasteiger partial charge in [0.1, 0.15) is 11.7 Å². The maximum absolute atomic E-state index is 12.2. The summed E-state index contributed by atoms with van der Waals surface area (Å²) in [5.41, 5.74) is 0.888. The minimum atomic E-state index is -0.857. The van der Waals surface area contributed by atoms with Crippen molar-refractivity contribution in [3.8, 4) is 0 Å². The first-order valence-electron chi connectivity index (χ1n) is 12.9. The number of aromatic nitrogens is 2. The minimum absolute atomic E-state index is 0.0417. The lowest BCUT2D eigenvalue weighted by atomic mass is 9.78. The summed E-state index contributed by atoms with van der Waals surface area (Å²) in [5, 5.41) is 13.9. The molecule has 0 radical (unpaired) electrons. The normalized spacial score (nSPS) is 22.0. The molecule has 1 aromatic carbocycles. The number of aliphatic hydroxyl groups excluding tert-OH is 1. The van der Waals surface area contributed by atoms with Crippen molar-refractivity contribution in [3.05, 3.63) is 47.8 Å². The van der Waals surface area contributed by atoms with Crippen LogP contribution in [0.25, 0.3) is 0 Å². The van der Waals surface area contributed by atoms with Gasteiger partial charge in [0.15, 0.2) is 0 Å². The van der Waals surface area contributed by atoms with E-state index in [2.05, 4.69) is 15.3 Å². The lowest BCUT2D eigenvalue weighted by molar-refractivity contribution is 0.00578. The Kier molecular flexibility index (Phi) is 7.56. The van der Waals surface area contributed by atoms with Crippen LogP contribution in [0.4, 0.5) is 10.7 Å². The SMILES string of the molecule is CC(C)(C)OC(=O)N[C@@H]1CCCN(c2ncc(C(O)c3ccc(B4OC(C)(C)C(C)(C)O4)cc3)cn2)C1. The van der Waals surface area contributed by atoms with Gasteiger partial charge in [0.25, 0.3) is 0 Å². The zero-order valence-electron chi connectivity index (χ0n) is 22.9. The third-order valence-corrected chi connectivity index (χ3v) is 7.18. The zero-order chi connectivity index (χ0) is 27.0. The lowest BCUT2D eigenvalue weighted by Crippen LogP contribution is -2.49. The van der Waals surface area contributed by atoms with Crippen molar-refractivity contribution in [3.63, 3.8) is 0 Å². The van der Waals surface area contributed by atoms with E-state index in [-0.39, 0.29) is 6.04 Å². The number of amides is 1. The Balaban J connectivity index is 1.37. The van der Waals surface area contributed by atoms with Gasteiger partial charge in [-0.2, -0.15) is 0 Å². The van der Waals surface area contributed by atoms with E-state index in [1.165, 1.54) is 0 Å². The number of piperidine rings is 1. The summed E-state index contributed by atoms with van der Waals surface area (Å²) in [6.45, 7) is 15.0. The van der Waals surface area contributed by atoms with Crippen LogP contribution in [0, 0.1) is 0 Å². The van der Waals surface area contributed by atoms with Crippen LogP contribution in [-0.2, 0) is 14.0 Å². The Morgan fingerprint density at radius 1 is 1.11 bits per heavy atom. The molecule has 2 atom stereocenters. The largest absolute Gasteiger partial charge is 0.494 e. The number of nitrogens with one attached hydrogen (secondary N) is 1. The number of anilines is 1. The Hall–Kier alpha value is -2.69. The van der Waals surface area contributed by atoms with Gasteiger partial charge < -0.3 is 29.4 Å². The average Bonchev–Trinajstić information content (AvgIpc) is 3.04. The predicted octanol–water partition coefficient (Wildman–Crippen LogP) is 3.35. The van der Waals surface area contributed by atoms with Crippen molar-refractivity contribution in [1.82, 2.24) is 15.3 Å². The molecule has 2 aliphatic heterocycles. The molecule has 0 aliphatic carbocycles. The molecule has 0 bridgehead atoms. The zero-order valence-corrected chi connectivity index (χ0v) is 22.9. The monoisotopic (exact) mass is 510 g/mol. The molecule has 0 spiro atoms. The third-order valence-electron chi connectivity index (χ3n) is 7.18. The van der Waals surface area contributed by atoms with E-state index >= 15 is 0 Å². The van der Waals surface area contributed by atoms with E-state index in [1.54, 1.807) is 12.4 Å². The second-order valence-electron chi connectivity index (χ2n) is 11.9. The van der Waals surface area contributed by atoms with Gasteiger partial charge in [0.05, 0.1) is 11.2 Å². The summed E-state index contributed by atoms with van der Waals surface area (Å²) in [4.78, 5) is 23.2. The average molecular weight is 510 g/mol. The Morgan fingerprint density at radius 2 is 1.70 bits per heavy atom. The summed E-state index contributed by atoms with van der Waals surface area (Å²) in [6.07, 6.45) is 3.81. The molecule has 9 nitrogen and oxygen atoms in total. The molecule has 4 rings (SSSR count). The fraction of sp³-hybridized carbons (Fsp3) is 0.593. The number of benzene rings is 1. The minimum Gasteiger partial charge on any atom is -0.444 e. The number of rotatable bonds is 5. The molecule has 1 unspecified atom stereocenters. The number of aliphatic hydroxyl groups is 1. The van der Waals surface area contributed by atoms with Gasteiger partial charge in [0.2, 0.25) is 5.95 Å². The predicted molar refractivity (Wildman–Crippen MR) is 143 cm³/mol. The molecule has 10 heteroatoms. The van der Waals surface area contributed by atoms with E-state index in [4.69, 9.17) is 14.0 Å². The van der Waals surface area contributed by atoms with Crippen LogP contribution >= 0.6 is 0 Å². The van der Waals surface area contributed by atoms with Gasteiger partial charge >= 0.3 is 13.2 Å². The van der Waals surface area contributed by atoms with Crippen LogP contribution < -0.4 is 15.7 Å². The number of nitrogens with zero attached hydrogens (tertiary/aromatic N) is 3.